The van der Waals surface area contributed by atoms with Crippen molar-refractivity contribution in [2.45, 2.75) is 46.5 Å². The van der Waals surface area contributed by atoms with Crippen LogP contribution in [-0.2, 0) is 9.59 Å². The fourth-order valence-electron chi connectivity index (χ4n) is 4.46. The first-order chi connectivity index (χ1) is 15.0. The number of piperidine rings is 1. The lowest BCUT2D eigenvalue weighted by Gasteiger charge is -2.30. The molecule has 5 nitrogen and oxygen atoms in total. The molecule has 0 atom stereocenters. The second-order valence-corrected chi connectivity index (χ2v) is 8.35. The van der Waals surface area contributed by atoms with Crippen molar-refractivity contribution in [2.24, 2.45) is 0 Å². The van der Waals surface area contributed by atoms with Crippen molar-refractivity contribution in [3.05, 3.63) is 64.9 Å². The molecule has 2 aliphatic rings. The van der Waals surface area contributed by atoms with Crippen LogP contribution in [-0.4, -0.2) is 36.4 Å². The van der Waals surface area contributed by atoms with E-state index in [-0.39, 0.29) is 11.8 Å². The van der Waals surface area contributed by atoms with E-state index in [1.54, 1.807) is 6.07 Å². The largest absolute Gasteiger partial charge is 0.491 e. The summed E-state index contributed by atoms with van der Waals surface area (Å²) in [5.41, 5.74) is 4.52. The highest BCUT2D eigenvalue weighted by Gasteiger charge is 2.44. The predicted octanol–water partition coefficient (Wildman–Crippen LogP) is 4.86. The predicted molar refractivity (Wildman–Crippen MR) is 123 cm³/mol. The summed E-state index contributed by atoms with van der Waals surface area (Å²) in [5, 5.41) is 0. The molecule has 5 heteroatoms. The second kappa shape index (κ2) is 8.96. The number of anilines is 1. The number of benzene rings is 2. The summed E-state index contributed by atoms with van der Waals surface area (Å²) in [4.78, 5) is 31.0. The van der Waals surface area contributed by atoms with E-state index in [2.05, 4.69) is 11.0 Å². The highest BCUT2D eigenvalue weighted by atomic mass is 16.5. The molecule has 1 fully saturated rings. The SMILES string of the molecule is CCCOc1ccccc1N1C(=O)C(c2ccc(C)cc2C)=C(N2CCCCC2)C1=O. The Morgan fingerprint density at radius 2 is 1.68 bits per heavy atom. The number of carbonyl (C=O) groups is 2. The Labute approximate surface area is 184 Å². The lowest BCUT2D eigenvalue weighted by atomic mass is 9.96. The van der Waals surface area contributed by atoms with Crippen LogP contribution < -0.4 is 9.64 Å². The zero-order chi connectivity index (χ0) is 22.0. The normalized spacial score (nSPS) is 17.0. The topological polar surface area (TPSA) is 49.9 Å². The van der Waals surface area contributed by atoms with Crippen LogP contribution in [0.25, 0.3) is 5.57 Å². The summed E-state index contributed by atoms with van der Waals surface area (Å²) in [5.74, 6) is 0.0328. The average Bonchev–Trinajstić information content (AvgIpc) is 3.03. The number of rotatable bonds is 6. The molecule has 0 N–H and O–H groups in total. The van der Waals surface area contributed by atoms with Gasteiger partial charge in [-0.05, 0) is 62.8 Å². The molecule has 2 amide bonds. The molecule has 0 bridgehead atoms. The van der Waals surface area contributed by atoms with Crippen LogP contribution >= 0.6 is 0 Å². The van der Waals surface area contributed by atoms with Gasteiger partial charge < -0.3 is 9.64 Å². The van der Waals surface area contributed by atoms with Crippen molar-refractivity contribution in [2.75, 3.05) is 24.6 Å². The van der Waals surface area contributed by atoms with Gasteiger partial charge in [0.15, 0.2) is 0 Å². The minimum Gasteiger partial charge on any atom is -0.491 e. The molecule has 0 unspecified atom stereocenters. The maximum atomic E-state index is 13.8. The average molecular weight is 419 g/mol. The van der Waals surface area contributed by atoms with E-state index < -0.39 is 0 Å². The number of likely N-dealkylation sites (tertiary alicyclic amines) is 1. The molecule has 0 spiro atoms. The maximum absolute atomic E-state index is 13.8. The van der Waals surface area contributed by atoms with Crippen molar-refractivity contribution in [3.8, 4) is 5.75 Å². The highest BCUT2D eigenvalue weighted by molar-refractivity contribution is 6.45. The van der Waals surface area contributed by atoms with Gasteiger partial charge in [0.25, 0.3) is 11.8 Å². The molecular formula is C26H30N2O3. The minimum atomic E-state index is -0.273. The standard InChI is InChI=1S/C26H30N2O3/c1-4-16-31-22-11-7-6-10-21(22)28-25(29)23(20-13-12-18(2)17-19(20)3)24(26(28)30)27-14-8-5-9-15-27/h6-7,10-13,17H,4-5,8-9,14-16H2,1-3H3. The van der Waals surface area contributed by atoms with E-state index >= 15 is 0 Å². The lowest BCUT2D eigenvalue weighted by Crippen LogP contribution is -2.37. The molecule has 1 saturated heterocycles. The molecule has 2 aromatic rings. The first-order valence-corrected chi connectivity index (χ1v) is 11.2. The number of imide groups is 1. The van der Waals surface area contributed by atoms with E-state index in [1.165, 1.54) is 4.90 Å². The second-order valence-electron chi connectivity index (χ2n) is 8.35. The highest BCUT2D eigenvalue weighted by Crippen LogP contribution is 2.40. The smallest absolute Gasteiger partial charge is 0.282 e. The van der Waals surface area contributed by atoms with Crippen molar-refractivity contribution in [1.29, 1.82) is 0 Å². The monoisotopic (exact) mass is 418 g/mol. The third kappa shape index (κ3) is 3.97. The number of ether oxygens (including phenoxy) is 1. The van der Waals surface area contributed by atoms with E-state index in [0.717, 1.165) is 55.5 Å². The molecule has 4 rings (SSSR count). The van der Waals surface area contributed by atoms with Gasteiger partial charge in [0.05, 0.1) is 17.9 Å². The Balaban J connectivity index is 1.83. The van der Waals surface area contributed by atoms with Gasteiger partial charge in [0.2, 0.25) is 0 Å². The van der Waals surface area contributed by atoms with Crippen LogP contribution in [0.15, 0.2) is 48.2 Å². The Hall–Kier alpha value is -3.08. The molecule has 31 heavy (non-hydrogen) atoms. The van der Waals surface area contributed by atoms with Crippen LogP contribution in [0, 0.1) is 13.8 Å². The van der Waals surface area contributed by atoms with Crippen LogP contribution in [0.3, 0.4) is 0 Å². The molecule has 0 aromatic heterocycles. The molecule has 162 valence electrons. The summed E-state index contributed by atoms with van der Waals surface area (Å²) < 4.78 is 5.88. The Morgan fingerprint density at radius 1 is 0.935 bits per heavy atom. The number of hydrogen-bond donors (Lipinski definition) is 0. The Morgan fingerprint density at radius 3 is 2.39 bits per heavy atom. The Bertz CT molecular complexity index is 1030. The molecule has 0 radical (unpaired) electrons. The number of carbonyl (C=O) groups excluding carboxylic acids is 2. The number of amides is 2. The summed E-state index contributed by atoms with van der Waals surface area (Å²) >= 11 is 0. The van der Waals surface area contributed by atoms with Crippen LogP contribution in [0.1, 0.15) is 49.3 Å². The van der Waals surface area contributed by atoms with Crippen molar-refractivity contribution in [3.63, 3.8) is 0 Å². The fraction of sp³-hybridized carbons (Fsp3) is 0.385. The van der Waals surface area contributed by atoms with Gasteiger partial charge in [0.1, 0.15) is 11.4 Å². The van der Waals surface area contributed by atoms with E-state index in [1.807, 2.05) is 51.1 Å². The summed E-state index contributed by atoms with van der Waals surface area (Å²) in [6.07, 6.45) is 4.06. The van der Waals surface area contributed by atoms with Crippen LogP contribution in [0.2, 0.25) is 0 Å². The third-order valence-electron chi connectivity index (χ3n) is 5.95. The van der Waals surface area contributed by atoms with Gasteiger partial charge in [-0.15, -0.1) is 0 Å². The van der Waals surface area contributed by atoms with Gasteiger partial charge in [-0.1, -0.05) is 42.8 Å². The van der Waals surface area contributed by atoms with Crippen molar-refractivity contribution < 1.29 is 14.3 Å². The van der Waals surface area contributed by atoms with Gasteiger partial charge in [-0.2, -0.15) is 0 Å². The number of hydrogen-bond acceptors (Lipinski definition) is 4. The molecule has 0 saturated carbocycles. The van der Waals surface area contributed by atoms with E-state index in [0.29, 0.717) is 29.3 Å². The first-order valence-electron chi connectivity index (χ1n) is 11.2. The summed E-state index contributed by atoms with van der Waals surface area (Å²) in [7, 11) is 0. The number of nitrogens with zero attached hydrogens (tertiary/aromatic N) is 2. The molecule has 0 aliphatic carbocycles. The van der Waals surface area contributed by atoms with Gasteiger partial charge >= 0.3 is 0 Å². The maximum Gasteiger partial charge on any atom is 0.282 e. The number of para-hydroxylation sites is 2. The summed E-state index contributed by atoms with van der Waals surface area (Å²) in [6, 6.07) is 13.4. The van der Waals surface area contributed by atoms with Gasteiger partial charge in [-0.3, -0.25) is 9.59 Å². The molecule has 2 aliphatic heterocycles. The quantitative estimate of drug-likeness (QED) is 0.629. The van der Waals surface area contributed by atoms with Gasteiger partial charge in [0, 0.05) is 13.1 Å². The van der Waals surface area contributed by atoms with Crippen molar-refractivity contribution >= 4 is 23.1 Å². The first kappa shape index (κ1) is 21.2. The van der Waals surface area contributed by atoms with Gasteiger partial charge in [-0.25, -0.2) is 4.90 Å². The molecular weight excluding hydrogens is 388 g/mol. The fourth-order valence-corrected chi connectivity index (χ4v) is 4.46. The van der Waals surface area contributed by atoms with Crippen LogP contribution in [0.5, 0.6) is 5.75 Å². The zero-order valence-electron chi connectivity index (χ0n) is 18.6. The zero-order valence-corrected chi connectivity index (χ0v) is 18.6. The van der Waals surface area contributed by atoms with Crippen molar-refractivity contribution in [1.82, 2.24) is 4.90 Å². The Kier molecular flexibility index (Phi) is 6.12. The van der Waals surface area contributed by atoms with E-state index in [4.69, 9.17) is 4.74 Å². The number of aryl methyl sites for hydroxylation is 2. The summed E-state index contributed by atoms with van der Waals surface area (Å²) in [6.45, 7) is 8.19. The third-order valence-corrected chi connectivity index (χ3v) is 5.95. The van der Waals surface area contributed by atoms with E-state index in [9.17, 15) is 9.59 Å². The minimum absolute atomic E-state index is 0.255. The molecule has 2 heterocycles. The molecule has 2 aromatic carbocycles. The van der Waals surface area contributed by atoms with Crippen LogP contribution in [0.4, 0.5) is 5.69 Å². The lowest BCUT2D eigenvalue weighted by molar-refractivity contribution is -0.120.